The quantitative estimate of drug-likeness (QED) is 0.704. The van der Waals surface area contributed by atoms with Crippen molar-refractivity contribution in [3.63, 3.8) is 0 Å². The average Bonchev–Trinajstić information content (AvgIpc) is 2.50. The number of ether oxygens (including phenoxy) is 2. The number of nitrogens with zero attached hydrogens (tertiary/aromatic N) is 1. The highest BCUT2D eigenvalue weighted by atomic mass is 35.5. The number of amides is 1. The summed E-state index contributed by atoms with van der Waals surface area (Å²) in [4.78, 5) is 13.8. The Hall–Kier alpha value is -1.14. The van der Waals surface area contributed by atoms with Crippen molar-refractivity contribution in [2.75, 3.05) is 40.5 Å². The Labute approximate surface area is 132 Å². The molecule has 0 radical (unpaired) electrons. The largest absolute Gasteiger partial charge is 0.385 e. The fraction of sp³-hybridized carbons (Fsp3) is 0.533. The first-order valence-electron chi connectivity index (χ1n) is 6.80. The molecule has 0 atom stereocenters. The number of hydrogen-bond acceptors (Lipinski definition) is 4. The van der Waals surface area contributed by atoms with Gasteiger partial charge in [-0.2, -0.15) is 0 Å². The van der Waals surface area contributed by atoms with Crippen LogP contribution in [0.5, 0.6) is 0 Å². The van der Waals surface area contributed by atoms with E-state index in [1.165, 1.54) is 0 Å². The van der Waals surface area contributed by atoms with E-state index >= 15 is 0 Å². The third kappa shape index (κ3) is 7.43. The normalized spacial score (nSPS) is 10.0. The molecule has 1 amide bonds. The van der Waals surface area contributed by atoms with Crippen molar-refractivity contribution < 1.29 is 14.3 Å². The molecule has 6 heteroatoms. The van der Waals surface area contributed by atoms with Gasteiger partial charge >= 0.3 is 0 Å². The van der Waals surface area contributed by atoms with Gasteiger partial charge < -0.3 is 20.1 Å². The van der Waals surface area contributed by atoms with E-state index in [4.69, 9.17) is 15.2 Å². The Kier molecular flexibility index (Phi) is 10.9. The predicted octanol–water partition coefficient (Wildman–Crippen LogP) is 1.69. The van der Waals surface area contributed by atoms with Gasteiger partial charge in [-0.15, -0.1) is 12.4 Å². The van der Waals surface area contributed by atoms with Crippen LogP contribution in [0, 0.1) is 0 Å². The minimum atomic E-state index is -0.00550. The van der Waals surface area contributed by atoms with Gasteiger partial charge in [0.25, 0.3) is 5.91 Å². The summed E-state index contributed by atoms with van der Waals surface area (Å²) in [5.74, 6) is -0.00550. The Bertz CT molecular complexity index is 398. The summed E-state index contributed by atoms with van der Waals surface area (Å²) < 4.78 is 10.4. The highest BCUT2D eigenvalue weighted by molar-refractivity contribution is 5.94. The Morgan fingerprint density at radius 3 is 2.43 bits per heavy atom. The first kappa shape index (κ1) is 19.9. The van der Waals surface area contributed by atoms with Crippen LogP contribution in [-0.4, -0.2) is 51.3 Å². The lowest BCUT2D eigenvalue weighted by atomic mass is 10.1. The zero-order valence-corrected chi connectivity index (χ0v) is 13.5. The lowest BCUT2D eigenvalue weighted by Gasteiger charge is -2.17. The third-order valence-electron chi connectivity index (χ3n) is 2.99. The molecule has 1 aromatic rings. The summed E-state index contributed by atoms with van der Waals surface area (Å²) in [6.45, 7) is 2.94. The number of carbonyl (C=O) groups is 1. The highest BCUT2D eigenvalue weighted by Crippen LogP contribution is 2.06. The molecule has 0 saturated heterocycles. The summed E-state index contributed by atoms with van der Waals surface area (Å²) in [5.41, 5.74) is 7.22. The second-order valence-corrected chi connectivity index (χ2v) is 4.59. The number of nitrogens with two attached hydrogens (primary N) is 1. The minimum absolute atomic E-state index is 0. The molecule has 0 fully saturated rings. The van der Waals surface area contributed by atoms with Crippen LogP contribution in [0.1, 0.15) is 22.3 Å². The van der Waals surface area contributed by atoms with Crippen LogP contribution >= 0.6 is 12.4 Å². The molecular weight excluding hydrogens is 292 g/mol. The van der Waals surface area contributed by atoms with E-state index in [-0.39, 0.29) is 18.3 Å². The molecule has 0 aliphatic rings. The van der Waals surface area contributed by atoms with Gasteiger partial charge in [-0.3, -0.25) is 4.79 Å². The van der Waals surface area contributed by atoms with E-state index in [1.807, 2.05) is 12.1 Å². The van der Waals surface area contributed by atoms with Gasteiger partial charge in [0.1, 0.15) is 0 Å². The zero-order chi connectivity index (χ0) is 14.8. The molecule has 0 heterocycles. The van der Waals surface area contributed by atoms with Gasteiger partial charge in [0.15, 0.2) is 0 Å². The summed E-state index contributed by atoms with van der Waals surface area (Å²) >= 11 is 0. The van der Waals surface area contributed by atoms with Gasteiger partial charge in [0, 0.05) is 46.0 Å². The molecule has 1 aromatic carbocycles. The van der Waals surface area contributed by atoms with Crippen LogP contribution in [0.4, 0.5) is 0 Å². The molecule has 0 unspecified atom stereocenters. The molecule has 5 nitrogen and oxygen atoms in total. The second-order valence-electron chi connectivity index (χ2n) is 4.59. The first-order chi connectivity index (χ1) is 9.69. The lowest BCUT2D eigenvalue weighted by Crippen LogP contribution is -2.30. The Morgan fingerprint density at radius 2 is 1.86 bits per heavy atom. The Morgan fingerprint density at radius 1 is 1.19 bits per heavy atom. The van der Waals surface area contributed by atoms with E-state index in [2.05, 4.69) is 0 Å². The number of hydrogen-bond donors (Lipinski definition) is 1. The molecule has 0 bridgehead atoms. The van der Waals surface area contributed by atoms with Crippen LogP contribution in [0.2, 0.25) is 0 Å². The maximum Gasteiger partial charge on any atom is 0.253 e. The van der Waals surface area contributed by atoms with E-state index < -0.39 is 0 Å². The number of rotatable bonds is 9. The number of halogens is 1. The van der Waals surface area contributed by atoms with Crippen LogP contribution in [0.3, 0.4) is 0 Å². The molecule has 120 valence electrons. The number of likely N-dealkylation sites (N-methyl/N-ethyl adjacent to an activating group) is 1. The van der Waals surface area contributed by atoms with Crippen molar-refractivity contribution in [1.29, 1.82) is 0 Å². The van der Waals surface area contributed by atoms with Gasteiger partial charge in [0.05, 0.1) is 6.61 Å². The summed E-state index contributed by atoms with van der Waals surface area (Å²) in [6.07, 6.45) is 0.870. The van der Waals surface area contributed by atoms with Crippen molar-refractivity contribution in [1.82, 2.24) is 4.90 Å². The van der Waals surface area contributed by atoms with Crippen LogP contribution in [0.15, 0.2) is 24.3 Å². The van der Waals surface area contributed by atoms with Crippen molar-refractivity contribution in [2.45, 2.75) is 13.0 Å². The van der Waals surface area contributed by atoms with E-state index in [9.17, 15) is 4.79 Å². The smallest absolute Gasteiger partial charge is 0.253 e. The fourth-order valence-electron chi connectivity index (χ4n) is 1.71. The van der Waals surface area contributed by atoms with E-state index in [0.717, 1.165) is 12.0 Å². The monoisotopic (exact) mass is 316 g/mol. The van der Waals surface area contributed by atoms with Crippen molar-refractivity contribution >= 4 is 18.3 Å². The van der Waals surface area contributed by atoms with Gasteiger partial charge in [0.2, 0.25) is 0 Å². The minimum Gasteiger partial charge on any atom is -0.385 e. The first-order valence-corrected chi connectivity index (χ1v) is 6.80. The van der Waals surface area contributed by atoms with E-state index in [1.54, 1.807) is 31.2 Å². The lowest BCUT2D eigenvalue weighted by molar-refractivity contribution is 0.0656. The molecule has 2 N–H and O–H groups in total. The van der Waals surface area contributed by atoms with Crippen LogP contribution in [-0.2, 0) is 16.0 Å². The standard InChI is InChI=1S/C15H24N2O3.ClH/c1-17(8-11-20-10-3-9-19-2)15(18)14-6-4-13(12-16)5-7-14;/h4-7H,3,8-12,16H2,1-2H3;1H. The number of methoxy groups -OCH3 is 1. The molecule has 0 saturated carbocycles. The SMILES string of the molecule is COCCCOCCN(C)C(=O)c1ccc(CN)cc1.Cl. The van der Waals surface area contributed by atoms with Gasteiger partial charge in [-0.05, 0) is 24.1 Å². The number of carbonyl (C=O) groups excluding carboxylic acids is 1. The summed E-state index contributed by atoms with van der Waals surface area (Å²) in [5, 5.41) is 0. The fourth-order valence-corrected chi connectivity index (χ4v) is 1.71. The Balaban J connectivity index is 0.00000400. The maximum atomic E-state index is 12.1. The van der Waals surface area contributed by atoms with E-state index in [0.29, 0.717) is 38.5 Å². The second kappa shape index (κ2) is 11.5. The molecule has 21 heavy (non-hydrogen) atoms. The van der Waals surface area contributed by atoms with Gasteiger partial charge in [-0.1, -0.05) is 12.1 Å². The topological polar surface area (TPSA) is 64.8 Å². The molecule has 0 aromatic heterocycles. The zero-order valence-electron chi connectivity index (χ0n) is 12.7. The highest BCUT2D eigenvalue weighted by Gasteiger charge is 2.10. The molecule has 0 aliphatic heterocycles. The van der Waals surface area contributed by atoms with Gasteiger partial charge in [-0.25, -0.2) is 0 Å². The third-order valence-corrected chi connectivity index (χ3v) is 2.99. The molecule has 1 rings (SSSR count). The molecule has 0 spiro atoms. The van der Waals surface area contributed by atoms with Crippen molar-refractivity contribution in [3.05, 3.63) is 35.4 Å². The number of benzene rings is 1. The molecular formula is C15H25ClN2O3. The van der Waals surface area contributed by atoms with Crippen molar-refractivity contribution in [3.8, 4) is 0 Å². The average molecular weight is 317 g/mol. The summed E-state index contributed by atoms with van der Waals surface area (Å²) in [7, 11) is 3.44. The molecule has 0 aliphatic carbocycles. The van der Waals surface area contributed by atoms with Crippen LogP contribution < -0.4 is 5.73 Å². The maximum absolute atomic E-state index is 12.1. The predicted molar refractivity (Wildman–Crippen MR) is 85.9 cm³/mol. The summed E-state index contributed by atoms with van der Waals surface area (Å²) in [6, 6.07) is 7.37. The van der Waals surface area contributed by atoms with Crippen molar-refractivity contribution in [2.24, 2.45) is 5.73 Å². The van der Waals surface area contributed by atoms with Crippen LogP contribution in [0.25, 0.3) is 0 Å².